The van der Waals surface area contributed by atoms with Crippen LogP contribution in [0.3, 0.4) is 0 Å². The van der Waals surface area contributed by atoms with Crippen molar-refractivity contribution in [2.45, 2.75) is 6.42 Å². The second kappa shape index (κ2) is 8.89. The first-order valence-electron chi connectivity index (χ1n) is 9.88. The summed E-state index contributed by atoms with van der Waals surface area (Å²) in [5.41, 5.74) is 2.26. The Balaban J connectivity index is 1.21. The van der Waals surface area contributed by atoms with Crippen LogP contribution in [0.5, 0.6) is 5.75 Å². The van der Waals surface area contributed by atoms with Crippen molar-refractivity contribution < 1.29 is 4.74 Å². The molecule has 146 valence electrons. The van der Waals surface area contributed by atoms with E-state index in [-0.39, 0.29) is 0 Å². The first kappa shape index (κ1) is 18.5. The van der Waals surface area contributed by atoms with Crippen LogP contribution in [-0.4, -0.2) is 61.2 Å². The summed E-state index contributed by atoms with van der Waals surface area (Å²) in [6.45, 7) is 6.35. The Bertz CT molecular complexity index is 886. The number of anilines is 2. The molecule has 1 aliphatic rings. The normalized spacial score (nSPS) is 15.0. The molecule has 6 heteroatoms. The van der Waals surface area contributed by atoms with E-state index in [1.807, 2.05) is 30.3 Å². The predicted molar refractivity (Wildman–Crippen MR) is 114 cm³/mol. The molecular weight excluding hydrogens is 350 g/mol. The molecule has 0 saturated carbocycles. The van der Waals surface area contributed by atoms with Crippen molar-refractivity contribution in [3.05, 3.63) is 54.9 Å². The third-order valence-electron chi connectivity index (χ3n) is 5.30. The first-order chi connectivity index (χ1) is 13.8. The Hall–Kier alpha value is -2.86. The number of para-hydroxylation sites is 1. The van der Waals surface area contributed by atoms with Gasteiger partial charge in [-0.15, -0.1) is 0 Å². The number of hydrogen-bond donors (Lipinski definition) is 1. The highest BCUT2D eigenvalue weighted by molar-refractivity contribution is 5.88. The van der Waals surface area contributed by atoms with Gasteiger partial charge in [0, 0.05) is 43.8 Å². The standard InChI is InChI=1S/C22H27N5O/c1-28-19-9-7-18(8-10-19)27-15-13-26(14-16-27)12-4-11-23-22-20-5-2-3-6-21(20)24-17-25-22/h2-3,5-10,17H,4,11-16H2,1H3,(H,23,24,25). The van der Waals surface area contributed by atoms with Crippen molar-refractivity contribution in [2.75, 3.05) is 56.6 Å². The van der Waals surface area contributed by atoms with Gasteiger partial charge in [-0.1, -0.05) is 12.1 Å². The smallest absolute Gasteiger partial charge is 0.137 e. The molecule has 28 heavy (non-hydrogen) atoms. The monoisotopic (exact) mass is 377 g/mol. The summed E-state index contributed by atoms with van der Waals surface area (Å²) in [4.78, 5) is 13.7. The fourth-order valence-electron chi connectivity index (χ4n) is 3.68. The largest absolute Gasteiger partial charge is 0.497 e. The number of fused-ring (bicyclic) bond motifs is 1. The zero-order valence-electron chi connectivity index (χ0n) is 16.3. The van der Waals surface area contributed by atoms with Gasteiger partial charge in [0.1, 0.15) is 17.9 Å². The molecule has 0 atom stereocenters. The van der Waals surface area contributed by atoms with Gasteiger partial charge in [-0.3, -0.25) is 4.90 Å². The lowest BCUT2D eigenvalue weighted by atomic mass is 10.2. The zero-order chi connectivity index (χ0) is 19.2. The van der Waals surface area contributed by atoms with E-state index in [0.717, 1.165) is 68.2 Å². The molecule has 2 aromatic carbocycles. The van der Waals surface area contributed by atoms with Crippen molar-refractivity contribution >= 4 is 22.4 Å². The van der Waals surface area contributed by atoms with E-state index >= 15 is 0 Å². The first-order valence-corrected chi connectivity index (χ1v) is 9.88. The molecule has 1 saturated heterocycles. The number of piperazine rings is 1. The summed E-state index contributed by atoms with van der Waals surface area (Å²) in [5.74, 6) is 1.83. The fourth-order valence-corrected chi connectivity index (χ4v) is 3.68. The molecule has 0 unspecified atom stereocenters. The lowest BCUT2D eigenvalue weighted by molar-refractivity contribution is 0.257. The van der Waals surface area contributed by atoms with Crippen LogP contribution in [0.15, 0.2) is 54.9 Å². The average molecular weight is 377 g/mol. The topological polar surface area (TPSA) is 53.5 Å². The maximum Gasteiger partial charge on any atom is 0.137 e. The highest BCUT2D eigenvalue weighted by atomic mass is 16.5. The van der Waals surface area contributed by atoms with Gasteiger partial charge in [-0.05, 0) is 49.4 Å². The van der Waals surface area contributed by atoms with Crippen LogP contribution in [-0.2, 0) is 0 Å². The Kier molecular flexibility index (Phi) is 5.87. The second-order valence-electron chi connectivity index (χ2n) is 7.05. The highest BCUT2D eigenvalue weighted by Crippen LogP contribution is 2.21. The van der Waals surface area contributed by atoms with Crippen LogP contribution >= 0.6 is 0 Å². The number of rotatable bonds is 7. The van der Waals surface area contributed by atoms with Crippen molar-refractivity contribution in [3.63, 3.8) is 0 Å². The number of nitrogens with one attached hydrogen (secondary N) is 1. The third kappa shape index (κ3) is 4.34. The van der Waals surface area contributed by atoms with Crippen molar-refractivity contribution in [3.8, 4) is 5.75 Å². The molecule has 1 aromatic heterocycles. The minimum Gasteiger partial charge on any atom is -0.497 e. The summed E-state index contributed by atoms with van der Waals surface area (Å²) in [7, 11) is 1.70. The summed E-state index contributed by atoms with van der Waals surface area (Å²) in [6.07, 6.45) is 2.73. The van der Waals surface area contributed by atoms with E-state index in [2.05, 4.69) is 43.3 Å². The van der Waals surface area contributed by atoms with Gasteiger partial charge in [0.2, 0.25) is 0 Å². The van der Waals surface area contributed by atoms with Gasteiger partial charge in [-0.2, -0.15) is 0 Å². The molecule has 0 amide bonds. The van der Waals surface area contributed by atoms with Crippen LogP contribution in [0.2, 0.25) is 0 Å². The molecule has 6 nitrogen and oxygen atoms in total. The molecular formula is C22H27N5O. The van der Waals surface area contributed by atoms with Crippen LogP contribution in [0.4, 0.5) is 11.5 Å². The Morgan fingerprint density at radius 1 is 0.964 bits per heavy atom. The molecule has 2 heterocycles. The van der Waals surface area contributed by atoms with E-state index in [1.165, 1.54) is 5.69 Å². The molecule has 0 spiro atoms. The third-order valence-corrected chi connectivity index (χ3v) is 5.30. The molecule has 0 bridgehead atoms. The van der Waals surface area contributed by atoms with Crippen molar-refractivity contribution in [1.29, 1.82) is 0 Å². The predicted octanol–water partition coefficient (Wildman–Crippen LogP) is 3.26. The van der Waals surface area contributed by atoms with E-state index in [1.54, 1.807) is 13.4 Å². The Morgan fingerprint density at radius 3 is 2.54 bits per heavy atom. The molecule has 0 radical (unpaired) electrons. The van der Waals surface area contributed by atoms with Gasteiger partial charge >= 0.3 is 0 Å². The SMILES string of the molecule is COc1ccc(N2CCN(CCCNc3ncnc4ccccc34)CC2)cc1. The van der Waals surface area contributed by atoms with Gasteiger partial charge in [0.05, 0.1) is 12.6 Å². The summed E-state index contributed by atoms with van der Waals surface area (Å²) >= 11 is 0. The second-order valence-corrected chi connectivity index (χ2v) is 7.05. The number of methoxy groups -OCH3 is 1. The number of nitrogens with zero attached hydrogens (tertiary/aromatic N) is 4. The van der Waals surface area contributed by atoms with Crippen molar-refractivity contribution in [2.24, 2.45) is 0 Å². The summed E-state index contributed by atoms with van der Waals surface area (Å²) < 4.78 is 5.24. The van der Waals surface area contributed by atoms with E-state index in [9.17, 15) is 0 Å². The molecule has 0 aliphatic carbocycles. The maximum atomic E-state index is 5.24. The summed E-state index contributed by atoms with van der Waals surface area (Å²) in [6, 6.07) is 16.5. The molecule has 3 aromatic rings. The lowest BCUT2D eigenvalue weighted by Gasteiger charge is -2.36. The van der Waals surface area contributed by atoms with Gasteiger partial charge in [0.25, 0.3) is 0 Å². The summed E-state index contributed by atoms with van der Waals surface area (Å²) in [5, 5.41) is 4.55. The van der Waals surface area contributed by atoms with E-state index in [0.29, 0.717) is 0 Å². The number of hydrogen-bond acceptors (Lipinski definition) is 6. The van der Waals surface area contributed by atoms with E-state index < -0.39 is 0 Å². The number of benzene rings is 2. The Morgan fingerprint density at radius 2 is 1.75 bits per heavy atom. The minimum absolute atomic E-state index is 0.909. The van der Waals surface area contributed by atoms with Crippen LogP contribution in [0.25, 0.3) is 10.9 Å². The molecule has 1 fully saturated rings. The maximum absolute atomic E-state index is 5.24. The number of aromatic nitrogens is 2. The molecule has 1 N–H and O–H groups in total. The van der Waals surface area contributed by atoms with Crippen molar-refractivity contribution in [1.82, 2.24) is 14.9 Å². The molecule has 1 aliphatic heterocycles. The average Bonchev–Trinajstić information content (AvgIpc) is 2.77. The fraction of sp³-hybridized carbons (Fsp3) is 0.364. The van der Waals surface area contributed by atoms with Gasteiger partial charge in [0.15, 0.2) is 0 Å². The van der Waals surface area contributed by atoms with Crippen LogP contribution in [0, 0.1) is 0 Å². The van der Waals surface area contributed by atoms with Crippen LogP contribution in [0.1, 0.15) is 6.42 Å². The van der Waals surface area contributed by atoms with Crippen LogP contribution < -0.4 is 15.0 Å². The Labute approximate surface area is 166 Å². The quantitative estimate of drug-likeness (QED) is 0.638. The zero-order valence-corrected chi connectivity index (χ0v) is 16.3. The van der Waals surface area contributed by atoms with Gasteiger partial charge < -0.3 is 15.0 Å². The highest BCUT2D eigenvalue weighted by Gasteiger charge is 2.16. The number of ether oxygens (including phenoxy) is 1. The van der Waals surface area contributed by atoms with E-state index in [4.69, 9.17) is 4.74 Å². The van der Waals surface area contributed by atoms with Gasteiger partial charge in [-0.25, -0.2) is 9.97 Å². The minimum atomic E-state index is 0.909. The molecule has 4 rings (SSSR count). The lowest BCUT2D eigenvalue weighted by Crippen LogP contribution is -2.46.